The lowest BCUT2D eigenvalue weighted by atomic mass is 9.90. The Kier molecular flexibility index (Phi) is 3.75. The average molecular weight is 283 g/mol. The molecule has 1 aliphatic heterocycles. The van der Waals surface area contributed by atoms with E-state index in [1.807, 2.05) is 0 Å². The second-order valence-corrected chi connectivity index (χ2v) is 6.01. The number of carbonyl (C=O) groups excluding carboxylic acids is 1. The molecule has 1 amide bonds. The molecule has 0 spiro atoms. The molecular formula is C12H17N3O3S. The number of nitrogens with one attached hydrogen (secondary N) is 2. The van der Waals surface area contributed by atoms with Gasteiger partial charge in [0.05, 0.1) is 5.69 Å². The van der Waals surface area contributed by atoms with Gasteiger partial charge >= 0.3 is 5.97 Å². The van der Waals surface area contributed by atoms with Gasteiger partial charge in [-0.2, -0.15) is 0 Å². The van der Waals surface area contributed by atoms with E-state index in [4.69, 9.17) is 5.11 Å². The van der Waals surface area contributed by atoms with Crippen LogP contribution in [0.3, 0.4) is 0 Å². The third-order valence-electron chi connectivity index (χ3n) is 3.26. The summed E-state index contributed by atoms with van der Waals surface area (Å²) in [6, 6.07) is 0.132. The first-order chi connectivity index (χ1) is 8.89. The standard InChI is InChI=1S/C12H17N3O3S/c1-12(2,10(17)18)8-6-19-11(15-8)13-5-7-3-4-9(16)14-7/h6-7H,3-5H2,1-2H3,(H,13,15)(H,14,16)(H,17,18). The van der Waals surface area contributed by atoms with Crippen LogP contribution in [-0.2, 0) is 15.0 Å². The number of rotatable bonds is 5. The molecule has 1 fully saturated rings. The number of hydrogen-bond donors (Lipinski definition) is 3. The van der Waals surface area contributed by atoms with Crippen molar-refractivity contribution >= 4 is 28.3 Å². The molecule has 1 aromatic heterocycles. The Morgan fingerprint density at radius 2 is 2.42 bits per heavy atom. The maximum atomic E-state index is 11.1. The average Bonchev–Trinajstić information content (AvgIpc) is 2.95. The molecule has 0 radical (unpaired) electrons. The van der Waals surface area contributed by atoms with Crippen LogP contribution >= 0.6 is 11.3 Å². The van der Waals surface area contributed by atoms with Crippen molar-refractivity contribution in [3.63, 3.8) is 0 Å². The summed E-state index contributed by atoms with van der Waals surface area (Å²) in [6.45, 7) is 3.88. The van der Waals surface area contributed by atoms with Crippen LogP contribution in [0.25, 0.3) is 0 Å². The number of amides is 1. The Labute approximate surface area is 115 Å². The van der Waals surface area contributed by atoms with Crippen LogP contribution in [-0.4, -0.2) is 34.6 Å². The number of carboxylic acid groups (broad SMARTS) is 1. The fourth-order valence-corrected chi connectivity index (χ4v) is 2.68. The van der Waals surface area contributed by atoms with Crippen molar-refractivity contribution in [1.82, 2.24) is 10.3 Å². The fraction of sp³-hybridized carbons (Fsp3) is 0.583. The first kappa shape index (κ1) is 13.8. The van der Waals surface area contributed by atoms with Crippen molar-refractivity contribution in [1.29, 1.82) is 0 Å². The van der Waals surface area contributed by atoms with E-state index in [2.05, 4.69) is 15.6 Å². The Balaban J connectivity index is 1.94. The highest BCUT2D eigenvalue weighted by Gasteiger charge is 2.32. The van der Waals surface area contributed by atoms with Gasteiger partial charge < -0.3 is 15.7 Å². The number of thiazole rings is 1. The monoisotopic (exact) mass is 283 g/mol. The van der Waals surface area contributed by atoms with Gasteiger partial charge in [-0.25, -0.2) is 4.98 Å². The second-order valence-electron chi connectivity index (χ2n) is 5.15. The lowest BCUT2D eigenvalue weighted by Crippen LogP contribution is -2.32. The topological polar surface area (TPSA) is 91.3 Å². The lowest BCUT2D eigenvalue weighted by Gasteiger charge is -2.15. The molecule has 1 saturated heterocycles. The normalized spacial score (nSPS) is 19.3. The van der Waals surface area contributed by atoms with Crippen molar-refractivity contribution in [3.8, 4) is 0 Å². The predicted octanol–water partition coefficient (Wildman–Crippen LogP) is 1.20. The van der Waals surface area contributed by atoms with E-state index in [1.54, 1.807) is 19.2 Å². The zero-order valence-corrected chi connectivity index (χ0v) is 11.7. The first-order valence-electron chi connectivity index (χ1n) is 6.12. The molecule has 1 aliphatic rings. The van der Waals surface area contributed by atoms with Gasteiger partial charge in [0.2, 0.25) is 5.91 Å². The van der Waals surface area contributed by atoms with E-state index in [1.165, 1.54) is 11.3 Å². The molecule has 2 rings (SSSR count). The zero-order valence-electron chi connectivity index (χ0n) is 10.9. The second kappa shape index (κ2) is 5.16. The van der Waals surface area contributed by atoms with E-state index in [0.717, 1.165) is 6.42 Å². The molecular weight excluding hydrogens is 266 g/mol. The lowest BCUT2D eigenvalue weighted by molar-refractivity contribution is -0.142. The molecule has 19 heavy (non-hydrogen) atoms. The van der Waals surface area contributed by atoms with Gasteiger partial charge in [0.1, 0.15) is 5.41 Å². The highest BCUT2D eigenvalue weighted by atomic mass is 32.1. The van der Waals surface area contributed by atoms with E-state index in [-0.39, 0.29) is 11.9 Å². The summed E-state index contributed by atoms with van der Waals surface area (Å²) in [7, 11) is 0. The third-order valence-corrected chi connectivity index (χ3v) is 4.06. The number of anilines is 1. The Bertz CT molecular complexity index is 498. The van der Waals surface area contributed by atoms with Gasteiger partial charge in [0.25, 0.3) is 0 Å². The van der Waals surface area contributed by atoms with Gasteiger partial charge in [-0.05, 0) is 20.3 Å². The van der Waals surface area contributed by atoms with E-state index >= 15 is 0 Å². The Hall–Kier alpha value is -1.63. The van der Waals surface area contributed by atoms with Gasteiger partial charge in [0.15, 0.2) is 5.13 Å². The van der Waals surface area contributed by atoms with Crippen LogP contribution in [0.15, 0.2) is 5.38 Å². The highest BCUT2D eigenvalue weighted by molar-refractivity contribution is 7.13. The van der Waals surface area contributed by atoms with E-state index in [0.29, 0.717) is 23.8 Å². The van der Waals surface area contributed by atoms with Crippen LogP contribution in [0.2, 0.25) is 0 Å². The van der Waals surface area contributed by atoms with Gasteiger partial charge in [-0.15, -0.1) is 11.3 Å². The summed E-state index contributed by atoms with van der Waals surface area (Å²) in [5, 5.41) is 17.6. The fourth-order valence-electron chi connectivity index (χ4n) is 1.79. The molecule has 0 aliphatic carbocycles. The minimum atomic E-state index is -0.988. The first-order valence-corrected chi connectivity index (χ1v) is 7.00. The van der Waals surface area contributed by atoms with Crippen molar-refractivity contribution in [3.05, 3.63) is 11.1 Å². The van der Waals surface area contributed by atoms with Gasteiger partial charge in [-0.1, -0.05) is 0 Å². The summed E-state index contributed by atoms with van der Waals surface area (Å²) in [5.41, 5.74) is -0.444. The van der Waals surface area contributed by atoms with Crippen LogP contribution in [0.5, 0.6) is 0 Å². The molecule has 6 nitrogen and oxygen atoms in total. The van der Waals surface area contributed by atoms with E-state index < -0.39 is 11.4 Å². The molecule has 1 aromatic rings. The molecule has 7 heteroatoms. The summed E-state index contributed by atoms with van der Waals surface area (Å²) >= 11 is 1.38. The Morgan fingerprint density at radius 3 is 3.00 bits per heavy atom. The number of hydrogen-bond acceptors (Lipinski definition) is 5. The highest BCUT2D eigenvalue weighted by Crippen LogP contribution is 2.27. The molecule has 1 atom stereocenters. The molecule has 3 N–H and O–H groups in total. The predicted molar refractivity (Wildman–Crippen MR) is 72.4 cm³/mol. The van der Waals surface area contributed by atoms with E-state index in [9.17, 15) is 9.59 Å². The van der Waals surface area contributed by atoms with Crippen LogP contribution in [0, 0.1) is 0 Å². The quantitative estimate of drug-likeness (QED) is 0.755. The van der Waals surface area contributed by atoms with Crippen molar-refractivity contribution < 1.29 is 14.7 Å². The number of aromatic nitrogens is 1. The van der Waals surface area contributed by atoms with Crippen LogP contribution in [0.4, 0.5) is 5.13 Å². The Morgan fingerprint density at radius 1 is 1.68 bits per heavy atom. The largest absolute Gasteiger partial charge is 0.481 e. The molecule has 2 heterocycles. The minimum absolute atomic E-state index is 0.0821. The SMILES string of the molecule is CC(C)(C(=O)O)c1csc(NCC2CCC(=O)N2)n1. The number of carbonyl (C=O) groups is 2. The zero-order chi connectivity index (χ0) is 14.0. The molecule has 0 aromatic carbocycles. The molecule has 0 saturated carbocycles. The summed E-state index contributed by atoms with van der Waals surface area (Å²) in [4.78, 5) is 26.5. The van der Waals surface area contributed by atoms with Crippen molar-refractivity contribution in [2.24, 2.45) is 0 Å². The van der Waals surface area contributed by atoms with Crippen molar-refractivity contribution in [2.75, 3.05) is 11.9 Å². The van der Waals surface area contributed by atoms with Gasteiger partial charge in [0, 0.05) is 24.4 Å². The molecule has 0 bridgehead atoms. The number of carboxylic acids is 1. The smallest absolute Gasteiger partial charge is 0.315 e. The summed E-state index contributed by atoms with van der Waals surface area (Å²) in [6.07, 6.45) is 1.40. The maximum Gasteiger partial charge on any atom is 0.315 e. The number of nitrogens with zero attached hydrogens (tertiary/aromatic N) is 1. The summed E-state index contributed by atoms with van der Waals surface area (Å²) in [5.74, 6) is -0.814. The van der Waals surface area contributed by atoms with Crippen LogP contribution < -0.4 is 10.6 Å². The van der Waals surface area contributed by atoms with Crippen LogP contribution in [0.1, 0.15) is 32.4 Å². The molecule has 104 valence electrons. The van der Waals surface area contributed by atoms with Gasteiger partial charge in [-0.3, -0.25) is 9.59 Å². The summed E-state index contributed by atoms with van der Waals surface area (Å²) < 4.78 is 0. The minimum Gasteiger partial charge on any atom is -0.481 e. The van der Waals surface area contributed by atoms with Crippen molar-refractivity contribution in [2.45, 2.75) is 38.1 Å². The maximum absolute atomic E-state index is 11.1. The third kappa shape index (κ3) is 3.04. The molecule has 1 unspecified atom stereocenters. The number of aliphatic carboxylic acids is 1.